The summed E-state index contributed by atoms with van der Waals surface area (Å²) in [7, 11) is 1.64. The minimum absolute atomic E-state index is 0.684. The van der Waals surface area contributed by atoms with Gasteiger partial charge in [-0.25, -0.2) is 0 Å². The highest BCUT2D eigenvalue weighted by molar-refractivity contribution is 9.10. The number of hydrogen-bond donors (Lipinski definition) is 0. The van der Waals surface area contributed by atoms with E-state index >= 15 is 0 Å². The van der Waals surface area contributed by atoms with Crippen LogP contribution in [0.4, 0.5) is 0 Å². The molecule has 0 saturated heterocycles. The Kier molecular flexibility index (Phi) is 3.59. The molecule has 0 radical (unpaired) electrons. The molecule has 0 fully saturated rings. The molecular weight excluding hydrogens is 376 g/mol. The molecule has 5 nitrogen and oxygen atoms in total. The summed E-state index contributed by atoms with van der Waals surface area (Å²) in [5, 5.41) is 14.1. The first-order chi connectivity index (χ1) is 11.3. The lowest BCUT2D eigenvalue weighted by molar-refractivity contribution is 0.415. The van der Waals surface area contributed by atoms with Crippen LogP contribution >= 0.6 is 27.3 Å². The molecule has 114 valence electrons. The molecule has 0 amide bonds. The monoisotopic (exact) mass is 386 g/mol. The lowest BCUT2D eigenvalue weighted by atomic mass is 10.2. The van der Waals surface area contributed by atoms with Crippen molar-refractivity contribution < 1.29 is 4.74 Å². The van der Waals surface area contributed by atoms with Crippen LogP contribution in [0.15, 0.2) is 53.0 Å². The summed E-state index contributed by atoms with van der Waals surface area (Å²) in [6, 6.07) is 15.8. The fraction of sp³-hybridized carbons (Fsp3) is 0.0625. The maximum Gasteiger partial charge on any atom is 0.235 e. The molecule has 2 aromatic carbocycles. The first-order valence-electron chi connectivity index (χ1n) is 6.88. The molecule has 0 atom stereocenters. The highest BCUT2D eigenvalue weighted by Crippen LogP contribution is 2.33. The topological polar surface area (TPSA) is 52.3 Å². The van der Waals surface area contributed by atoms with E-state index in [1.807, 2.05) is 48.5 Å². The first-order valence-corrected chi connectivity index (χ1v) is 8.49. The summed E-state index contributed by atoms with van der Waals surface area (Å²) in [6.45, 7) is 0. The average Bonchev–Trinajstić information content (AvgIpc) is 3.17. The smallest absolute Gasteiger partial charge is 0.235 e. The molecular formula is C16H11BrN4OS. The number of hydrogen-bond acceptors (Lipinski definition) is 5. The molecule has 0 bridgehead atoms. The van der Waals surface area contributed by atoms with Crippen molar-refractivity contribution in [3.05, 3.63) is 53.0 Å². The van der Waals surface area contributed by atoms with Gasteiger partial charge in [0.15, 0.2) is 5.82 Å². The van der Waals surface area contributed by atoms with Gasteiger partial charge >= 0.3 is 0 Å². The number of benzene rings is 2. The molecule has 2 heterocycles. The predicted molar refractivity (Wildman–Crippen MR) is 93.8 cm³/mol. The summed E-state index contributed by atoms with van der Waals surface area (Å²) in [4.78, 5) is 0.758. The Hall–Kier alpha value is -2.25. The van der Waals surface area contributed by atoms with E-state index in [9.17, 15) is 0 Å². The molecule has 0 aliphatic carbocycles. The summed E-state index contributed by atoms with van der Waals surface area (Å²) in [5.41, 5.74) is 1.96. The Bertz CT molecular complexity index is 980. The maximum absolute atomic E-state index is 5.30. The number of methoxy groups -OCH3 is 1. The fourth-order valence-electron chi connectivity index (χ4n) is 2.29. The van der Waals surface area contributed by atoms with Crippen molar-refractivity contribution in [3.63, 3.8) is 0 Å². The molecule has 0 aliphatic heterocycles. The van der Waals surface area contributed by atoms with E-state index in [1.165, 1.54) is 11.3 Å². The van der Waals surface area contributed by atoms with Crippen LogP contribution in [-0.2, 0) is 0 Å². The molecule has 4 aromatic rings. The molecule has 0 spiro atoms. The number of fused-ring (bicyclic) bond motifs is 1. The zero-order valence-electron chi connectivity index (χ0n) is 12.1. The van der Waals surface area contributed by atoms with Gasteiger partial charge in [-0.3, -0.25) is 0 Å². The van der Waals surface area contributed by atoms with Crippen molar-refractivity contribution in [1.82, 2.24) is 19.8 Å². The molecule has 4 rings (SSSR count). The highest BCUT2D eigenvalue weighted by Gasteiger charge is 2.16. The molecule has 7 heteroatoms. The van der Waals surface area contributed by atoms with Gasteiger partial charge in [-0.05, 0) is 18.2 Å². The molecule has 0 aliphatic rings. The van der Waals surface area contributed by atoms with Gasteiger partial charge in [0.05, 0.1) is 7.11 Å². The van der Waals surface area contributed by atoms with Gasteiger partial charge in [0, 0.05) is 15.6 Å². The van der Waals surface area contributed by atoms with Crippen molar-refractivity contribution in [2.75, 3.05) is 7.11 Å². The Labute approximate surface area is 144 Å². The maximum atomic E-state index is 5.30. The quantitative estimate of drug-likeness (QED) is 0.526. The van der Waals surface area contributed by atoms with Crippen molar-refractivity contribution in [3.8, 4) is 27.7 Å². The average molecular weight is 387 g/mol. The highest BCUT2D eigenvalue weighted by atomic mass is 79.9. The van der Waals surface area contributed by atoms with Crippen molar-refractivity contribution in [2.45, 2.75) is 0 Å². The van der Waals surface area contributed by atoms with E-state index in [0.29, 0.717) is 5.82 Å². The molecule has 2 aromatic heterocycles. The van der Waals surface area contributed by atoms with Crippen LogP contribution in [0.25, 0.3) is 26.9 Å². The van der Waals surface area contributed by atoms with Gasteiger partial charge in [0.2, 0.25) is 4.96 Å². The minimum Gasteiger partial charge on any atom is -0.497 e. The van der Waals surface area contributed by atoms with Gasteiger partial charge in [-0.2, -0.15) is 9.61 Å². The Balaban J connectivity index is 1.87. The van der Waals surface area contributed by atoms with Crippen LogP contribution in [0.2, 0.25) is 0 Å². The van der Waals surface area contributed by atoms with Crippen LogP contribution in [-0.4, -0.2) is 26.9 Å². The van der Waals surface area contributed by atoms with Crippen LogP contribution < -0.4 is 4.74 Å². The van der Waals surface area contributed by atoms with Crippen LogP contribution in [0.3, 0.4) is 0 Å². The van der Waals surface area contributed by atoms with Gasteiger partial charge in [0.25, 0.3) is 0 Å². The van der Waals surface area contributed by atoms with E-state index < -0.39 is 0 Å². The normalized spacial score (nSPS) is 11.0. The van der Waals surface area contributed by atoms with Gasteiger partial charge in [-0.1, -0.05) is 57.6 Å². The Morgan fingerprint density at radius 2 is 1.91 bits per heavy atom. The Morgan fingerprint density at radius 3 is 2.70 bits per heavy atom. The lowest BCUT2D eigenvalue weighted by Crippen LogP contribution is -1.93. The van der Waals surface area contributed by atoms with Crippen molar-refractivity contribution >= 4 is 32.2 Å². The second-order valence-electron chi connectivity index (χ2n) is 4.84. The Morgan fingerprint density at radius 1 is 1.09 bits per heavy atom. The van der Waals surface area contributed by atoms with E-state index in [2.05, 4.69) is 31.2 Å². The minimum atomic E-state index is 0.684. The van der Waals surface area contributed by atoms with Crippen LogP contribution in [0.1, 0.15) is 0 Å². The van der Waals surface area contributed by atoms with Gasteiger partial charge in [-0.15, -0.1) is 10.2 Å². The first kappa shape index (κ1) is 14.3. The molecule has 0 N–H and O–H groups in total. The van der Waals surface area contributed by atoms with Crippen LogP contribution in [0, 0.1) is 0 Å². The number of aromatic nitrogens is 4. The lowest BCUT2D eigenvalue weighted by Gasteiger charge is -2.04. The number of ether oxygens (including phenoxy) is 1. The standard InChI is InChI=1S/C16H11BrN4OS/c1-22-11-7-8-13(17)12(9-11)14-18-19-16-21(14)20-15(23-16)10-5-3-2-4-6-10/h2-9H,1H3. The number of rotatable bonds is 3. The van der Waals surface area contributed by atoms with Crippen molar-refractivity contribution in [1.29, 1.82) is 0 Å². The third-order valence-electron chi connectivity index (χ3n) is 3.43. The molecule has 0 unspecified atom stereocenters. The van der Waals surface area contributed by atoms with Gasteiger partial charge < -0.3 is 4.74 Å². The zero-order chi connectivity index (χ0) is 15.8. The van der Waals surface area contributed by atoms with Crippen LogP contribution in [0.5, 0.6) is 5.75 Å². The largest absolute Gasteiger partial charge is 0.497 e. The second kappa shape index (κ2) is 5.75. The third kappa shape index (κ3) is 2.51. The predicted octanol–water partition coefficient (Wildman–Crippen LogP) is 4.29. The van der Waals surface area contributed by atoms with E-state index in [-0.39, 0.29) is 0 Å². The SMILES string of the molecule is COc1ccc(Br)c(-c2nnc3sc(-c4ccccc4)nn23)c1. The van der Waals surface area contributed by atoms with E-state index in [1.54, 1.807) is 11.6 Å². The second-order valence-corrected chi connectivity index (χ2v) is 6.65. The number of nitrogens with zero attached hydrogens (tertiary/aromatic N) is 4. The molecule has 0 saturated carbocycles. The summed E-state index contributed by atoms with van der Waals surface area (Å²) >= 11 is 5.07. The fourth-order valence-corrected chi connectivity index (χ4v) is 3.55. The zero-order valence-corrected chi connectivity index (χ0v) is 14.5. The third-order valence-corrected chi connectivity index (χ3v) is 5.07. The molecule has 23 heavy (non-hydrogen) atoms. The summed E-state index contributed by atoms with van der Waals surface area (Å²) in [6.07, 6.45) is 0. The van der Waals surface area contributed by atoms with E-state index in [0.717, 1.165) is 31.3 Å². The van der Waals surface area contributed by atoms with E-state index in [4.69, 9.17) is 4.74 Å². The number of halogens is 1. The summed E-state index contributed by atoms with van der Waals surface area (Å²) < 4.78 is 7.99. The van der Waals surface area contributed by atoms with Gasteiger partial charge in [0.1, 0.15) is 10.8 Å². The van der Waals surface area contributed by atoms with Crippen molar-refractivity contribution in [2.24, 2.45) is 0 Å². The summed E-state index contributed by atoms with van der Waals surface area (Å²) in [5.74, 6) is 1.45.